The predicted molar refractivity (Wildman–Crippen MR) is 104 cm³/mol. The normalized spacial score (nSPS) is 12.1. The molecule has 1 aromatic carbocycles. The Bertz CT molecular complexity index is 676. The molecule has 3 N–H and O–H groups in total. The van der Waals surface area contributed by atoms with Gasteiger partial charge in [0.25, 0.3) is 0 Å². The highest BCUT2D eigenvalue weighted by atomic mass is 35.5. The standard InChI is InChI=1S/C14H21Cl3N4O3S/c1-3-25(22,23)21-5-4-19-14(18-2)20-6-7-24-13-11(16)8-10(15)9-12(13)17/h8-9,21H,3-7H2,1-2H3,(H2,18,19,20). The SMILES string of the molecule is CCS(=O)(=O)NCCNC(=NC)NCCOc1c(Cl)cc(Cl)cc1Cl. The first-order chi connectivity index (χ1) is 11.8. The molecule has 7 nitrogen and oxygen atoms in total. The largest absolute Gasteiger partial charge is 0.489 e. The molecule has 0 atom stereocenters. The molecule has 0 fully saturated rings. The van der Waals surface area contributed by atoms with Gasteiger partial charge in [0.15, 0.2) is 11.7 Å². The van der Waals surface area contributed by atoms with E-state index >= 15 is 0 Å². The van der Waals surface area contributed by atoms with Crippen molar-refractivity contribution < 1.29 is 13.2 Å². The summed E-state index contributed by atoms with van der Waals surface area (Å²) >= 11 is 17.9. The van der Waals surface area contributed by atoms with Crippen LogP contribution in [0.5, 0.6) is 5.75 Å². The summed E-state index contributed by atoms with van der Waals surface area (Å²) in [4.78, 5) is 4.03. The molecule has 0 radical (unpaired) electrons. The molecule has 0 heterocycles. The number of halogens is 3. The van der Waals surface area contributed by atoms with Gasteiger partial charge in [0.1, 0.15) is 6.61 Å². The summed E-state index contributed by atoms with van der Waals surface area (Å²) in [5, 5.41) is 7.11. The van der Waals surface area contributed by atoms with Crippen LogP contribution in [0.2, 0.25) is 15.1 Å². The Morgan fingerprint density at radius 3 is 2.28 bits per heavy atom. The molecule has 1 rings (SSSR count). The maximum Gasteiger partial charge on any atom is 0.211 e. The van der Waals surface area contributed by atoms with E-state index in [1.807, 2.05) is 0 Å². The second-order valence-corrected chi connectivity index (χ2v) is 8.12. The van der Waals surface area contributed by atoms with Gasteiger partial charge in [0.05, 0.1) is 22.3 Å². The molecular formula is C14H21Cl3N4O3S. The van der Waals surface area contributed by atoms with E-state index in [-0.39, 0.29) is 12.3 Å². The van der Waals surface area contributed by atoms with Gasteiger partial charge >= 0.3 is 0 Å². The van der Waals surface area contributed by atoms with Crippen molar-refractivity contribution in [3.05, 3.63) is 27.2 Å². The number of nitrogens with zero attached hydrogens (tertiary/aromatic N) is 1. The lowest BCUT2D eigenvalue weighted by atomic mass is 10.3. The van der Waals surface area contributed by atoms with Gasteiger partial charge in [0.2, 0.25) is 10.0 Å². The van der Waals surface area contributed by atoms with Crippen LogP contribution in [-0.2, 0) is 10.0 Å². The van der Waals surface area contributed by atoms with E-state index < -0.39 is 10.0 Å². The second kappa shape index (κ2) is 10.9. The highest BCUT2D eigenvalue weighted by molar-refractivity contribution is 7.89. The Kier molecular flexibility index (Phi) is 9.66. The topological polar surface area (TPSA) is 91.8 Å². The molecule has 0 amide bonds. The van der Waals surface area contributed by atoms with E-state index in [9.17, 15) is 8.42 Å². The van der Waals surface area contributed by atoms with E-state index in [0.29, 0.717) is 46.5 Å². The Morgan fingerprint density at radius 2 is 1.72 bits per heavy atom. The van der Waals surface area contributed by atoms with E-state index in [2.05, 4.69) is 20.3 Å². The molecule has 0 bridgehead atoms. The maximum absolute atomic E-state index is 11.3. The minimum absolute atomic E-state index is 0.0487. The molecule has 0 spiro atoms. The summed E-state index contributed by atoms with van der Waals surface area (Å²) in [6, 6.07) is 3.10. The lowest BCUT2D eigenvalue weighted by Crippen LogP contribution is -2.42. The van der Waals surface area contributed by atoms with Crippen molar-refractivity contribution in [3.8, 4) is 5.75 Å². The van der Waals surface area contributed by atoms with Crippen molar-refractivity contribution in [3.63, 3.8) is 0 Å². The third kappa shape index (κ3) is 8.33. The molecule has 0 saturated carbocycles. The lowest BCUT2D eigenvalue weighted by Gasteiger charge is -2.14. The highest BCUT2D eigenvalue weighted by Gasteiger charge is 2.09. The van der Waals surface area contributed by atoms with Gasteiger partial charge in [-0.1, -0.05) is 34.8 Å². The van der Waals surface area contributed by atoms with Crippen LogP contribution in [0.25, 0.3) is 0 Å². The Balaban J connectivity index is 2.32. The van der Waals surface area contributed by atoms with E-state index in [1.165, 1.54) is 0 Å². The van der Waals surface area contributed by atoms with Gasteiger partial charge < -0.3 is 15.4 Å². The molecule has 142 valence electrons. The van der Waals surface area contributed by atoms with Crippen molar-refractivity contribution in [2.75, 3.05) is 39.0 Å². The average Bonchev–Trinajstić information content (AvgIpc) is 2.55. The monoisotopic (exact) mass is 430 g/mol. The van der Waals surface area contributed by atoms with Crippen LogP contribution in [0, 0.1) is 0 Å². The van der Waals surface area contributed by atoms with E-state index in [4.69, 9.17) is 39.5 Å². The third-order valence-electron chi connectivity index (χ3n) is 2.95. The van der Waals surface area contributed by atoms with Gasteiger partial charge in [-0.25, -0.2) is 13.1 Å². The summed E-state index contributed by atoms with van der Waals surface area (Å²) in [5.41, 5.74) is 0. The van der Waals surface area contributed by atoms with Crippen molar-refractivity contribution in [1.29, 1.82) is 0 Å². The van der Waals surface area contributed by atoms with Crippen molar-refractivity contribution >= 4 is 50.8 Å². The van der Waals surface area contributed by atoms with Gasteiger partial charge in [-0.15, -0.1) is 0 Å². The number of sulfonamides is 1. The highest BCUT2D eigenvalue weighted by Crippen LogP contribution is 2.35. The van der Waals surface area contributed by atoms with Gasteiger partial charge in [-0.3, -0.25) is 4.99 Å². The first-order valence-corrected chi connectivity index (χ1v) is 10.3. The van der Waals surface area contributed by atoms with Crippen LogP contribution in [0.15, 0.2) is 17.1 Å². The summed E-state index contributed by atoms with van der Waals surface area (Å²) in [7, 11) is -1.58. The van der Waals surface area contributed by atoms with Crippen LogP contribution in [0.1, 0.15) is 6.92 Å². The van der Waals surface area contributed by atoms with E-state index in [0.717, 1.165) is 0 Å². The minimum Gasteiger partial charge on any atom is -0.489 e. The number of hydrogen-bond acceptors (Lipinski definition) is 4. The third-order valence-corrected chi connectivity index (χ3v) is 5.13. The zero-order valence-electron chi connectivity index (χ0n) is 13.9. The minimum atomic E-state index is -3.19. The number of ether oxygens (including phenoxy) is 1. The van der Waals surface area contributed by atoms with Crippen LogP contribution in [0.4, 0.5) is 0 Å². The average molecular weight is 432 g/mol. The van der Waals surface area contributed by atoms with Gasteiger partial charge in [-0.2, -0.15) is 0 Å². The number of rotatable bonds is 9. The zero-order chi connectivity index (χ0) is 18.9. The van der Waals surface area contributed by atoms with Crippen LogP contribution in [-0.4, -0.2) is 53.4 Å². The smallest absolute Gasteiger partial charge is 0.211 e. The van der Waals surface area contributed by atoms with Crippen LogP contribution < -0.4 is 20.1 Å². The Labute approximate surface area is 163 Å². The molecule has 0 aliphatic rings. The summed E-state index contributed by atoms with van der Waals surface area (Å²) in [6.45, 7) is 2.98. The molecule has 25 heavy (non-hydrogen) atoms. The molecule has 0 aliphatic heterocycles. The molecule has 0 aliphatic carbocycles. The molecule has 0 unspecified atom stereocenters. The summed E-state index contributed by atoms with van der Waals surface area (Å²) in [5.74, 6) is 0.937. The molecule has 0 saturated heterocycles. The summed E-state index contributed by atoms with van der Waals surface area (Å²) < 4.78 is 30.6. The lowest BCUT2D eigenvalue weighted by molar-refractivity contribution is 0.322. The van der Waals surface area contributed by atoms with Crippen molar-refractivity contribution in [1.82, 2.24) is 15.4 Å². The molecule has 11 heteroatoms. The van der Waals surface area contributed by atoms with E-state index in [1.54, 1.807) is 26.1 Å². The summed E-state index contributed by atoms with van der Waals surface area (Å²) in [6.07, 6.45) is 0. The number of aliphatic imine (C=N–C) groups is 1. The Morgan fingerprint density at radius 1 is 1.12 bits per heavy atom. The second-order valence-electron chi connectivity index (χ2n) is 4.77. The number of benzene rings is 1. The number of hydrogen-bond donors (Lipinski definition) is 3. The van der Waals surface area contributed by atoms with Crippen LogP contribution in [0.3, 0.4) is 0 Å². The van der Waals surface area contributed by atoms with Crippen molar-refractivity contribution in [2.24, 2.45) is 4.99 Å². The first kappa shape index (κ1) is 22.1. The molecule has 1 aromatic rings. The predicted octanol–water partition coefficient (Wildman–Crippen LogP) is 2.13. The van der Waals surface area contributed by atoms with Crippen LogP contribution >= 0.6 is 34.8 Å². The molecular weight excluding hydrogens is 411 g/mol. The fraction of sp³-hybridized carbons (Fsp3) is 0.500. The first-order valence-electron chi connectivity index (χ1n) is 7.48. The number of guanidine groups is 1. The van der Waals surface area contributed by atoms with Gasteiger partial charge in [0, 0.05) is 25.2 Å². The maximum atomic E-state index is 11.3. The Hall–Kier alpha value is -0.930. The fourth-order valence-corrected chi connectivity index (χ4v) is 3.24. The van der Waals surface area contributed by atoms with Crippen molar-refractivity contribution in [2.45, 2.75) is 6.92 Å². The molecule has 0 aromatic heterocycles. The number of nitrogens with one attached hydrogen (secondary N) is 3. The quantitative estimate of drug-likeness (QED) is 0.316. The van der Waals surface area contributed by atoms with Gasteiger partial charge in [-0.05, 0) is 19.1 Å². The zero-order valence-corrected chi connectivity index (χ0v) is 17.0. The fourth-order valence-electron chi connectivity index (χ4n) is 1.70.